The van der Waals surface area contributed by atoms with Gasteiger partial charge in [-0.25, -0.2) is 4.98 Å². The molecule has 2 rings (SSSR count). The van der Waals surface area contributed by atoms with E-state index in [1.165, 1.54) is 17.9 Å². The Morgan fingerprint density at radius 3 is 3.17 bits per heavy atom. The van der Waals surface area contributed by atoms with Crippen molar-refractivity contribution in [2.75, 3.05) is 18.5 Å². The van der Waals surface area contributed by atoms with E-state index in [0.717, 1.165) is 5.13 Å². The number of nitrogens with one attached hydrogen (secondary N) is 1. The lowest BCUT2D eigenvalue weighted by Gasteiger charge is -2.12. The predicted octanol–water partition coefficient (Wildman–Crippen LogP) is -0.290. The van der Waals surface area contributed by atoms with Gasteiger partial charge in [-0.1, -0.05) is 0 Å². The Bertz CT molecular complexity index is 241. The van der Waals surface area contributed by atoms with Gasteiger partial charge in [0.1, 0.15) is 6.33 Å². The molecule has 66 valence electrons. The molecule has 0 saturated carbocycles. The third kappa shape index (κ3) is 1.55. The Hall–Kier alpha value is -0.720. The van der Waals surface area contributed by atoms with Crippen LogP contribution in [0.4, 0.5) is 5.13 Å². The van der Waals surface area contributed by atoms with Crippen LogP contribution in [0.3, 0.4) is 0 Å². The van der Waals surface area contributed by atoms with E-state index in [0.29, 0.717) is 13.2 Å². The summed E-state index contributed by atoms with van der Waals surface area (Å²) in [4.78, 5) is 3.94. The van der Waals surface area contributed by atoms with Gasteiger partial charge >= 0.3 is 0 Å². The second-order valence-corrected chi connectivity index (χ2v) is 3.38. The lowest BCUT2D eigenvalue weighted by atomic mass is 10.2. The molecule has 0 aromatic carbocycles. The minimum absolute atomic E-state index is 0.0436. The molecule has 2 heterocycles. The molecule has 12 heavy (non-hydrogen) atoms. The maximum absolute atomic E-state index is 9.36. The number of hydrogen-bond donors (Lipinski definition) is 2. The van der Waals surface area contributed by atoms with Gasteiger partial charge < -0.3 is 15.2 Å². The second kappa shape index (κ2) is 3.34. The van der Waals surface area contributed by atoms with Crippen molar-refractivity contribution < 1.29 is 9.84 Å². The molecular weight excluding hydrogens is 178 g/mol. The highest BCUT2D eigenvalue weighted by molar-refractivity contribution is 7.09. The van der Waals surface area contributed by atoms with Gasteiger partial charge in [0.05, 0.1) is 25.4 Å². The van der Waals surface area contributed by atoms with E-state index < -0.39 is 6.10 Å². The summed E-state index contributed by atoms with van der Waals surface area (Å²) in [5.41, 5.74) is 0. The van der Waals surface area contributed by atoms with Crippen LogP contribution >= 0.6 is 11.5 Å². The van der Waals surface area contributed by atoms with E-state index in [2.05, 4.69) is 14.7 Å². The molecule has 1 aliphatic rings. The molecular formula is C6H9N3O2S. The first kappa shape index (κ1) is 7.90. The molecule has 6 heteroatoms. The van der Waals surface area contributed by atoms with Crippen molar-refractivity contribution in [3.05, 3.63) is 6.33 Å². The summed E-state index contributed by atoms with van der Waals surface area (Å²) >= 11 is 1.27. The van der Waals surface area contributed by atoms with Crippen LogP contribution in [0.2, 0.25) is 0 Å². The summed E-state index contributed by atoms with van der Waals surface area (Å²) in [5.74, 6) is 0. The molecule has 1 fully saturated rings. The molecule has 0 radical (unpaired) electrons. The van der Waals surface area contributed by atoms with Gasteiger partial charge in [0.25, 0.3) is 0 Å². The van der Waals surface area contributed by atoms with Crippen LogP contribution in [-0.4, -0.2) is 39.8 Å². The minimum atomic E-state index is -0.436. The van der Waals surface area contributed by atoms with Crippen LogP contribution in [-0.2, 0) is 4.74 Å². The molecule has 0 aliphatic carbocycles. The van der Waals surface area contributed by atoms with Crippen LogP contribution in [0.1, 0.15) is 0 Å². The van der Waals surface area contributed by atoms with Gasteiger partial charge in [-0.05, 0) is 0 Å². The van der Waals surface area contributed by atoms with Gasteiger partial charge in [0.15, 0.2) is 0 Å². The lowest BCUT2D eigenvalue weighted by molar-refractivity contribution is 0.125. The van der Waals surface area contributed by atoms with Crippen molar-refractivity contribution in [2.24, 2.45) is 0 Å². The van der Waals surface area contributed by atoms with Gasteiger partial charge in [-0.15, -0.1) is 0 Å². The molecule has 1 aromatic heterocycles. The molecule has 2 atom stereocenters. The largest absolute Gasteiger partial charge is 0.388 e. The number of anilines is 1. The number of rotatable bonds is 2. The second-order valence-electron chi connectivity index (χ2n) is 2.60. The van der Waals surface area contributed by atoms with Crippen molar-refractivity contribution in [1.29, 1.82) is 0 Å². The average molecular weight is 187 g/mol. The van der Waals surface area contributed by atoms with E-state index in [4.69, 9.17) is 4.74 Å². The highest BCUT2D eigenvalue weighted by Crippen LogP contribution is 2.14. The molecule has 5 nitrogen and oxygen atoms in total. The first-order chi connectivity index (χ1) is 5.86. The quantitative estimate of drug-likeness (QED) is 0.666. The molecule has 1 aromatic rings. The number of aliphatic hydroxyl groups is 1. The van der Waals surface area contributed by atoms with Gasteiger partial charge in [-0.3, -0.25) is 0 Å². The van der Waals surface area contributed by atoms with Crippen LogP contribution in [0.5, 0.6) is 0 Å². The topological polar surface area (TPSA) is 67.3 Å². The van der Waals surface area contributed by atoms with E-state index in [-0.39, 0.29) is 6.04 Å². The van der Waals surface area contributed by atoms with Gasteiger partial charge in [0, 0.05) is 11.5 Å². The number of nitrogens with zero attached hydrogens (tertiary/aromatic N) is 2. The minimum Gasteiger partial charge on any atom is -0.388 e. The monoisotopic (exact) mass is 187 g/mol. The number of ether oxygens (including phenoxy) is 1. The smallest absolute Gasteiger partial charge is 0.202 e. The Balaban J connectivity index is 1.95. The van der Waals surface area contributed by atoms with Crippen molar-refractivity contribution in [3.8, 4) is 0 Å². The number of aliphatic hydroxyl groups excluding tert-OH is 1. The van der Waals surface area contributed by atoms with Crippen LogP contribution < -0.4 is 5.32 Å². The van der Waals surface area contributed by atoms with Crippen molar-refractivity contribution in [3.63, 3.8) is 0 Å². The normalized spacial score (nSPS) is 29.1. The molecule has 0 spiro atoms. The van der Waals surface area contributed by atoms with Gasteiger partial charge in [-0.2, -0.15) is 4.37 Å². The average Bonchev–Trinajstić information content (AvgIpc) is 2.65. The number of aromatic nitrogens is 2. The SMILES string of the molecule is OC1COCC1Nc1ncns1. The molecule has 2 unspecified atom stereocenters. The van der Waals surface area contributed by atoms with Crippen molar-refractivity contribution in [1.82, 2.24) is 9.36 Å². The van der Waals surface area contributed by atoms with E-state index in [1.807, 2.05) is 0 Å². The third-order valence-electron chi connectivity index (χ3n) is 1.72. The summed E-state index contributed by atoms with van der Waals surface area (Å²) in [6, 6.07) is -0.0436. The molecule has 1 saturated heterocycles. The fraction of sp³-hybridized carbons (Fsp3) is 0.667. The van der Waals surface area contributed by atoms with Crippen LogP contribution in [0, 0.1) is 0 Å². The Labute approximate surface area is 73.6 Å². The maximum Gasteiger partial charge on any atom is 0.202 e. The maximum atomic E-state index is 9.36. The first-order valence-corrected chi connectivity index (χ1v) is 4.42. The van der Waals surface area contributed by atoms with Gasteiger partial charge in [0.2, 0.25) is 5.13 Å². The van der Waals surface area contributed by atoms with Crippen LogP contribution in [0.15, 0.2) is 6.33 Å². The zero-order valence-electron chi connectivity index (χ0n) is 6.30. The van der Waals surface area contributed by atoms with E-state index in [9.17, 15) is 5.11 Å². The molecule has 1 aliphatic heterocycles. The standard InChI is InChI=1S/C6H9N3O2S/c10-5-2-11-1-4(5)9-6-7-3-8-12-6/h3-5,10H,1-2H2,(H,7,8,9). The summed E-state index contributed by atoms with van der Waals surface area (Å²) < 4.78 is 8.90. The summed E-state index contributed by atoms with van der Waals surface area (Å²) in [5, 5.41) is 13.1. The van der Waals surface area contributed by atoms with Crippen molar-refractivity contribution in [2.45, 2.75) is 12.1 Å². The fourth-order valence-corrected chi connectivity index (χ4v) is 1.57. The summed E-state index contributed by atoms with van der Waals surface area (Å²) in [6.45, 7) is 0.928. The highest BCUT2D eigenvalue weighted by Gasteiger charge is 2.26. The molecule has 0 bridgehead atoms. The zero-order chi connectivity index (χ0) is 8.39. The molecule has 0 amide bonds. The predicted molar refractivity (Wildman–Crippen MR) is 44.1 cm³/mol. The van der Waals surface area contributed by atoms with Crippen LogP contribution in [0.25, 0.3) is 0 Å². The Morgan fingerprint density at radius 1 is 1.67 bits per heavy atom. The highest BCUT2D eigenvalue weighted by atomic mass is 32.1. The number of hydrogen-bond acceptors (Lipinski definition) is 6. The molecule has 2 N–H and O–H groups in total. The lowest BCUT2D eigenvalue weighted by Crippen LogP contribution is -2.31. The Morgan fingerprint density at radius 2 is 2.58 bits per heavy atom. The third-order valence-corrected chi connectivity index (χ3v) is 2.32. The summed E-state index contributed by atoms with van der Waals surface area (Å²) in [6.07, 6.45) is 1.05. The van der Waals surface area contributed by atoms with E-state index in [1.54, 1.807) is 0 Å². The zero-order valence-corrected chi connectivity index (χ0v) is 7.12. The van der Waals surface area contributed by atoms with Crippen molar-refractivity contribution >= 4 is 16.7 Å². The fourth-order valence-electron chi connectivity index (χ4n) is 1.08. The first-order valence-electron chi connectivity index (χ1n) is 3.65. The summed E-state index contributed by atoms with van der Waals surface area (Å²) in [7, 11) is 0. The Kier molecular flexibility index (Phi) is 2.20. The van der Waals surface area contributed by atoms with E-state index >= 15 is 0 Å².